The molecule has 0 saturated carbocycles. The van der Waals surface area contributed by atoms with Gasteiger partial charge >= 0.3 is 0 Å². The average Bonchev–Trinajstić information content (AvgIpc) is 2.34. The van der Waals surface area contributed by atoms with Crippen LogP contribution in [0.2, 0.25) is 0 Å². The molecule has 0 aliphatic carbocycles. The van der Waals surface area contributed by atoms with Crippen molar-refractivity contribution >= 4 is 5.69 Å². The van der Waals surface area contributed by atoms with Crippen LogP contribution in [0.5, 0.6) is 5.75 Å². The van der Waals surface area contributed by atoms with Crippen molar-refractivity contribution in [2.24, 2.45) is 0 Å². The van der Waals surface area contributed by atoms with Gasteiger partial charge in [-0.3, -0.25) is 0 Å². The van der Waals surface area contributed by atoms with Gasteiger partial charge in [0.15, 0.2) is 11.6 Å². The molecule has 2 aromatic rings. The van der Waals surface area contributed by atoms with Gasteiger partial charge in [-0.15, -0.1) is 0 Å². The number of benzene rings is 2. The molecule has 0 fully saturated rings. The molecule has 0 radical (unpaired) electrons. The number of phenolic OH excluding ortho intramolecular Hbond substituents is 1. The molecule has 2 N–H and O–H groups in total. The predicted molar refractivity (Wildman–Crippen MR) is 71.3 cm³/mol. The summed E-state index contributed by atoms with van der Waals surface area (Å²) >= 11 is 0. The lowest BCUT2D eigenvalue weighted by atomic mass is 10.1. The van der Waals surface area contributed by atoms with Crippen molar-refractivity contribution in [2.75, 3.05) is 5.32 Å². The van der Waals surface area contributed by atoms with Gasteiger partial charge in [0.25, 0.3) is 0 Å². The molecule has 0 heterocycles. The van der Waals surface area contributed by atoms with Crippen molar-refractivity contribution < 1.29 is 9.50 Å². The summed E-state index contributed by atoms with van der Waals surface area (Å²) in [6.07, 6.45) is 0. The number of halogens is 1. The topological polar surface area (TPSA) is 32.3 Å². The summed E-state index contributed by atoms with van der Waals surface area (Å²) in [7, 11) is 0. The summed E-state index contributed by atoms with van der Waals surface area (Å²) in [6.45, 7) is 4.05. The minimum Gasteiger partial charge on any atom is -0.505 e. The van der Waals surface area contributed by atoms with E-state index in [0.717, 1.165) is 5.56 Å². The van der Waals surface area contributed by atoms with Crippen LogP contribution in [0.1, 0.15) is 24.1 Å². The van der Waals surface area contributed by atoms with Crippen LogP contribution < -0.4 is 5.32 Å². The van der Waals surface area contributed by atoms with Crippen LogP contribution in [0.25, 0.3) is 0 Å². The number of hydrogen-bond donors (Lipinski definition) is 2. The summed E-state index contributed by atoms with van der Waals surface area (Å²) in [5.74, 6) is -0.945. The maximum Gasteiger partial charge on any atom is 0.166 e. The maximum absolute atomic E-state index is 13.2. The molecule has 0 bridgehead atoms. The molecular formula is C15H16FNO. The fourth-order valence-corrected chi connectivity index (χ4v) is 1.79. The van der Waals surface area contributed by atoms with E-state index in [4.69, 9.17) is 5.11 Å². The minimum absolute atomic E-state index is 0.0783. The zero-order valence-corrected chi connectivity index (χ0v) is 10.4. The van der Waals surface area contributed by atoms with Gasteiger partial charge in [0.1, 0.15) is 0 Å². The Hall–Kier alpha value is -2.03. The fraction of sp³-hybridized carbons (Fsp3) is 0.200. The Morgan fingerprint density at radius 2 is 1.78 bits per heavy atom. The van der Waals surface area contributed by atoms with Crippen molar-refractivity contribution in [1.29, 1.82) is 0 Å². The Kier molecular flexibility index (Phi) is 3.51. The molecule has 0 aromatic heterocycles. The summed E-state index contributed by atoms with van der Waals surface area (Å²) in [4.78, 5) is 0. The molecule has 0 aliphatic heterocycles. The lowest BCUT2D eigenvalue weighted by molar-refractivity contribution is 0.432. The third kappa shape index (κ3) is 2.80. The maximum atomic E-state index is 13.2. The van der Waals surface area contributed by atoms with Crippen molar-refractivity contribution in [1.82, 2.24) is 0 Å². The Balaban J connectivity index is 2.13. The second kappa shape index (κ2) is 5.08. The summed E-state index contributed by atoms with van der Waals surface area (Å²) in [6, 6.07) is 12.6. The third-order valence-electron chi connectivity index (χ3n) is 2.91. The molecule has 0 saturated heterocycles. The highest BCUT2D eigenvalue weighted by Gasteiger charge is 2.07. The molecule has 3 heteroatoms. The standard InChI is InChI=1S/C15H16FNO/c1-10-3-5-12(6-4-10)11(2)17-13-7-8-15(18)14(16)9-13/h3-9,11,17-18H,1-2H3. The van der Waals surface area contributed by atoms with E-state index in [2.05, 4.69) is 5.32 Å². The molecule has 1 atom stereocenters. The molecule has 2 nitrogen and oxygen atoms in total. The zero-order valence-electron chi connectivity index (χ0n) is 10.4. The smallest absolute Gasteiger partial charge is 0.166 e. The fourth-order valence-electron chi connectivity index (χ4n) is 1.79. The van der Waals surface area contributed by atoms with E-state index in [1.165, 1.54) is 17.7 Å². The van der Waals surface area contributed by atoms with E-state index in [9.17, 15) is 4.39 Å². The molecule has 1 unspecified atom stereocenters. The van der Waals surface area contributed by atoms with Crippen LogP contribution in [0.4, 0.5) is 10.1 Å². The normalized spacial score (nSPS) is 12.2. The first-order chi connectivity index (χ1) is 8.56. The third-order valence-corrected chi connectivity index (χ3v) is 2.91. The van der Waals surface area contributed by atoms with Crippen LogP contribution in [-0.2, 0) is 0 Å². The highest BCUT2D eigenvalue weighted by Crippen LogP contribution is 2.23. The van der Waals surface area contributed by atoms with Crippen LogP contribution in [0.3, 0.4) is 0 Å². The molecule has 18 heavy (non-hydrogen) atoms. The van der Waals surface area contributed by atoms with E-state index in [0.29, 0.717) is 5.69 Å². The number of aryl methyl sites for hydroxylation is 1. The summed E-state index contributed by atoms with van der Waals surface area (Å²) in [5, 5.41) is 12.3. The quantitative estimate of drug-likeness (QED) is 0.801. The second-order valence-corrected chi connectivity index (χ2v) is 4.44. The molecule has 0 aliphatic rings. The number of aromatic hydroxyl groups is 1. The van der Waals surface area contributed by atoms with Gasteiger partial charge in [0, 0.05) is 17.8 Å². The molecule has 0 spiro atoms. The van der Waals surface area contributed by atoms with Gasteiger partial charge in [-0.05, 0) is 31.5 Å². The number of hydrogen-bond acceptors (Lipinski definition) is 2. The van der Waals surface area contributed by atoms with E-state index in [1.807, 2.05) is 38.1 Å². The van der Waals surface area contributed by atoms with Gasteiger partial charge in [0.2, 0.25) is 0 Å². The SMILES string of the molecule is Cc1ccc(C(C)Nc2ccc(O)c(F)c2)cc1. The first-order valence-electron chi connectivity index (χ1n) is 5.88. The summed E-state index contributed by atoms with van der Waals surface area (Å²) in [5.41, 5.74) is 2.99. The second-order valence-electron chi connectivity index (χ2n) is 4.44. The largest absolute Gasteiger partial charge is 0.505 e. The lowest BCUT2D eigenvalue weighted by Gasteiger charge is -2.16. The number of anilines is 1. The minimum atomic E-state index is -0.615. The molecule has 0 amide bonds. The Morgan fingerprint density at radius 1 is 1.11 bits per heavy atom. The summed E-state index contributed by atoms with van der Waals surface area (Å²) < 4.78 is 13.2. The number of rotatable bonds is 3. The van der Waals surface area contributed by atoms with E-state index in [1.54, 1.807) is 6.07 Å². The van der Waals surface area contributed by atoms with Gasteiger partial charge in [-0.1, -0.05) is 29.8 Å². The van der Waals surface area contributed by atoms with Crippen molar-refractivity contribution in [3.05, 3.63) is 59.4 Å². The van der Waals surface area contributed by atoms with Crippen LogP contribution in [0.15, 0.2) is 42.5 Å². The zero-order chi connectivity index (χ0) is 13.1. The van der Waals surface area contributed by atoms with E-state index < -0.39 is 5.82 Å². The van der Waals surface area contributed by atoms with Gasteiger partial charge in [-0.2, -0.15) is 0 Å². The molecular weight excluding hydrogens is 229 g/mol. The van der Waals surface area contributed by atoms with Crippen molar-refractivity contribution in [2.45, 2.75) is 19.9 Å². The average molecular weight is 245 g/mol. The van der Waals surface area contributed by atoms with Gasteiger partial charge in [0.05, 0.1) is 0 Å². The number of nitrogens with one attached hydrogen (secondary N) is 1. The highest BCUT2D eigenvalue weighted by atomic mass is 19.1. The van der Waals surface area contributed by atoms with Crippen molar-refractivity contribution in [3.8, 4) is 5.75 Å². The molecule has 2 aromatic carbocycles. The van der Waals surface area contributed by atoms with Crippen molar-refractivity contribution in [3.63, 3.8) is 0 Å². The van der Waals surface area contributed by atoms with Crippen LogP contribution in [0, 0.1) is 12.7 Å². The van der Waals surface area contributed by atoms with E-state index >= 15 is 0 Å². The predicted octanol–water partition coefficient (Wildman–Crippen LogP) is 4.01. The van der Waals surface area contributed by atoms with Crippen LogP contribution >= 0.6 is 0 Å². The highest BCUT2D eigenvalue weighted by molar-refractivity contribution is 5.48. The Labute approximate surface area is 106 Å². The van der Waals surface area contributed by atoms with E-state index in [-0.39, 0.29) is 11.8 Å². The number of phenols is 1. The molecule has 94 valence electrons. The Morgan fingerprint density at radius 3 is 2.39 bits per heavy atom. The van der Waals surface area contributed by atoms with Gasteiger partial charge < -0.3 is 10.4 Å². The first kappa shape index (κ1) is 12.4. The monoisotopic (exact) mass is 245 g/mol. The van der Waals surface area contributed by atoms with Crippen LogP contribution in [-0.4, -0.2) is 5.11 Å². The lowest BCUT2D eigenvalue weighted by Crippen LogP contribution is -2.06. The molecule has 2 rings (SSSR count). The van der Waals surface area contributed by atoms with Gasteiger partial charge in [-0.25, -0.2) is 4.39 Å². The first-order valence-corrected chi connectivity index (χ1v) is 5.88. The Bertz CT molecular complexity index is 537.